The van der Waals surface area contributed by atoms with Crippen LogP contribution in [0.4, 0.5) is 18.9 Å². The molecule has 0 aliphatic carbocycles. The van der Waals surface area contributed by atoms with E-state index in [1.165, 1.54) is 5.56 Å². The topological polar surface area (TPSA) is 40.5 Å². The predicted molar refractivity (Wildman–Crippen MR) is 105 cm³/mol. The summed E-state index contributed by atoms with van der Waals surface area (Å²) in [5.41, 5.74) is 1.58. The molecule has 9 heteroatoms. The number of halogens is 4. The molecule has 0 saturated carbocycles. The van der Waals surface area contributed by atoms with Crippen LogP contribution in [0.25, 0.3) is 0 Å². The van der Waals surface area contributed by atoms with Crippen molar-refractivity contribution in [1.29, 1.82) is 0 Å². The minimum Gasteiger partial charge on any atom is -0.356 e. The Bertz CT molecular complexity index is 745. The van der Waals surface area contributed by atoms with E-state index in [1.807, 2.05) is 18.2 Å². The number of anilines is 1. The number of thiazole rings is 1. The molecule has 0 bridgehead atoms. The van der Waals surface area contributed by atoms with Gasteiger partial charge in [0, 0.05) is 37.6 Å². The number of alkyl halides is 3. The highest BCUT2D eigenvalue weighted by molar-refractivity contribution is 14.0. The second-order valence-corrected chi connectivity index (χ2v) is 6.32. The number of fused-ring (bicyclic) bond motifs is 1. The molecule has 1 aliphatic rings. The molecule has 0 saturated heterocycles. The van der Waals surface area contributed by atoms with Gasteiger partial charge in [0.25, 0.3) is 0 Å². The molecule has 1 aliphatic heterocycles. The number of nitrogens with zero attached hydrogens (tertiary/aromatic N) is 3. The van der Waals surface area contributed by atoms with Gasteiger partial charge in [-0.3, -0.25) is 4.99 Å². The number of benzene rings is 1. The summed E-state index contributed by atoms with van der Waals surface area (Å²) in [7, 11) is 1.70. The van der Waals surface area contributed by atoms with Crippen molar-refractivity contribution >= 4 is 47.0 Å². The third-order valence-electron chi connectivity index (χ3n) is 3.82. The average Bonchev–Trinajstić information content (AvgIpc) is 3.18. The fourth-order valence-electron chi connectivity index (χ4n) is 2.69. The van der Waals surface area contributed by atoms with Crippen molar-refractivity contribution in [2.45, 2.75) is 19.0 Å². The van der Waals surface area contributed by atoms with Gasteiger partial charge in [-0.15, -0.1) is 35.3 Å². The summed E-state index contributed by atoms with van der Waals surface area (Å²) in [6.45, 7) is 1.32. The summed E-state index contributed by atoms with van der Waals surface area (Å²) >= 11 is 1.03. The summed E-state index contributed by atoms with van der Waals surface area (Å²) < 4.78 is 37.7. The smallest absolute Gasteiger partial charge is 0.356 e. The van der Waals surface area contributed by atoms with Gasteiger partial charge in [-0.25, -0.2) is 4.98 Å². The maximum Gasteiger partial charge on any atom is 0.434 e. The van der Waals surface area contributed by atoms with Gasteiger partial charge in [0.15, 0.2) is 11.7 Å². The van der Waals surface area contributed by atoms with Gasteiger partial charge in [-0.1, -0.05) is 18.2 Å². The lowest BCUT2D eigenvalue weighted by Gasteiger charge is -2.22. The highest BCUT2D eigenvalue weighted by Gasteiger charge is 2.33. The fourth-order valence-corrected chi connectivity index (χ4v) is 3.50. The van der Waals surface area contributed by atoms with Crippen LogP contribution in [0, 0.1) is 0 Å². The molecular formula is C16H18F3IN4S. The normalized spacial score (nSPS) is 14.2. The standard InChI is InChI=1S/C16H17F3N4S.HI/c1-20-15(23-9-7-11-4-2-3-5-12(11)23)21-8-6-14-22-13(10-24-14)16(17,18)19;/h2-5,10H,6-9H2,1H3,(H,20,21);1H. The SMILES string of the molecule is CN=C(NCCc1nc(C(F)(F)F)cs1)N1CCc2ccccc21.I. The van der Waals surface area contributed by atoms with Gasteiger partial charge >= 0.3 is 6.18 Å². The van der Waals surface area contributed by atoms with E-state index in [9.17, 15) is 13.2 Å². The molecule has 0 atom stereocenters. The Hall–Kier alpha value is -1.36. The van der Waals surface area contributed by atoms with Crippen LogP contribution < -0.4 is 10.2 Å². The quantitative estimate of drug-likeness (QED) is 0.409. The van der Waals surface area contributed by atoms with Crippen molar-refractivity contribution < 1.29 is 13.2 Å². The van der Waals surface area contributed by atoms with Crippen molar-refractivity contribution in [3.63, 3.8) is 0 Å². The van der Waals surface area contributed by atoms with Crippen LogP contribution >= 0.6 is 35.3 Å². The molecule has 0 fully saturated rings. The molecule has 3 rings (SSSR count). The first-order valence-corrected chi connectivity index (χ1v) is 8.44. The fraction of sp³-hybridized carbons (Fsp3) is 0.375. The summed E-state index contributed by atoms with van der Waals surface area (Å²) in [6, 6.07) is 8.14. The van der Waals surface area contributed by atoms with E-state index in [-0.39, 0.29) is 24.0 Å². The van der Waals surface area contributed by atoms with Crippen LogP contribution in [0.15, 0.2) is 34.6 Å². The van der Waals surface area contributed by atoms with Gasteiger partial charge in [0.1, 0.15) is 0 Å². The van der Waals surface area contributed by atoms with Crippen LogP contribution in [-0.2, 0) is 19.0 Å². The lowest BCUT2D eigenvalue weighted by molar-refractivity contribution is -0.140. The molecule has 0 amide bonds. The van der Waals surface area contributed by atoms with Crippen molar-refractivity contribution in [2.75, 3.05) is 25.0 Å². The number of para-hydroxylation sites is 1. The van der Waals surface area contributed by atoms with E-state index < -0.39 is 11.9 Å². The number of aliphatic imine (C=N–C) groups is 1. The Balaban J connectivity index is 0.00000225. The monoisotopic (exact) mass is 482 g/mol. The average molecular weight is 482 g/mol. The molecular weight excluding hydrogens is 464 g/mol. The Kier molecular flexibility index (Phi) is 6.66. The molecule has 4 nitrogen and oxygen atoms in total. The van der Waals surface area contributed by atoms with E-state index in [1.54, 1.807) is 7.05 Å². The first-order chi connectivity index (χ1) is 11.5. The zero-order chi connectivity index (χ0) is 17.2. The Labute approximate surface area is 165 Å². The summed E-state index contributed by atoms with van der Waals surface area (Å²) in [5, 5.41) is 4.73. The van der Waals surface area contributed by atoms with E-state index in [2.05, 4.69) is 26.3 Å². The first-order valence-electron chi connectivity index (χ1n) is 7.56. The van der Waals surface area contributed by atoms with E-state index >= 15 is 0 Å². The minimum atomic E-state index is -4.38. The number of nitrogens with one attached hydrogen (secondary N) is 1. The molecule has 1 aromatic heterocycles. The maximum atomic E-state index is 12.6. The third-order valence-corrected chi connectivity index (χ3v) is 4.73. The van der Waals surface area contributed by atoms with Gasteiger partial charge in [-0.05, 0) is 18.1 Å². The zero-order valence-corrected chi connectivity index (χ0v) is 16.7. The third kappa shape index (κ3) is 4.63. The number of rotatable bonds is 3. The molecule has 1 aromatic carbocycles. The largest absolute Gasteiger partial charge is 0.434 e. The highest BCUT2D eigenvalue weighted by atomic mass is 127. The molecule has 0 spiro atoms. The molecule has 1 N–H and O–H groups in total. The zero-order valence-electron chi connectivity index (χ0n) is 13.5. The van der Waals surface area contributed by atoms with Gasteiger partial charge in [-0.2, -0.15) is 13.2 Å². The van der Waals surface area contributed by atoms with Crippen LogP contribution in [0.5, 0.6) is 0 Å². The van der Waals surface area contributed by atoms with Crippen molar-refractivity contribution in [1.82, 2.24) is 10.3 Å². The maximum absolute atomic E-state index is 12.6. The van der Waals surface area contributed by atoms with E-state index in [0.717, 1.165) is 41.3 Å². The molecule has 136 valence electrons. The van der Waals surface area contributed by atoms with Crippen LogP contribution in [0.2, 0.25) is 0 Å². The molecule has 25 heavy (non-hydrogen) atoms. The molecule has 0 unspecified atom stereocenters. The van der Waals surface area contributed by atoms with Crippen molar-refractivity contribution in [3.8, 4) is 0 Å². The van der Waals surface area contributed by atoms with Crippen LogP contribution in [-0.4, -0.2) is 31.1 Å². The molecule has 0 radical (unpaired) electrons. The van der Waals surface area contributed by atoms with Gasteiger partial charge < -0.3 is 10.2 Å². The Morgan fingerprint density at radius 2 is 2.12 bits per heavy atom. The van der Waals surface area contributed by atoms with Crippen molar-refractivity contribution in [2.24, 2.45) is 4.99 Å². The van der Waals surface area contributed by atoms with E-state index in [0.29, 0.717) is 18.0 Å². The second kappa shape index (κ2) is 8.35. The lowest BCUT2D eigenvalue weighted by atomic mass is 10.2. The van der Waals surface area contributed by atoms with Crippen LogP contribution in [0.3, 0.4) is 0 Å². The number of hydrogen-bond acceptors (Lipinski definition) is 3. The Morgan fingerprint density at radius 1 is 1.36 bits per heavy atom. The molecule has 2 heterocycles. The number of aromatic nitrogens is 1. The lowest BCUT2D eigenvalue weighted by Crippen LogP contribution is -2.41. The Morgan fingerprint density at radius 3 is 2.80 bits per heavy atom. The predicted octanol–water partition coefficient (Wildman–Crippen LogP) is 3.96. The van der Waals surface area contributed by atoms with E-state index in [4.69, 9.17) is 0 Å². The second-order valence-electron chi connectivity index (χ2n) is 5.38. The highest BCUT2D eigenvalue weighted by Crippen LogP contribution is 2.30. The van der Waals surface area contributed by atoms with Crippen molar-refractivity contribution in [3.05, 3.63) is 45.9 Å². The summed E-state index contributed by atoms with van der Waals surface area (Å²) in [4.78, 5) is 10.0. The molecule has 2 aromatic rings. The van der Waals surface area contributed by atoms with Gasteiger partial charge in [0.2, 0.25) is 0 Å². The number of guanidine groups is 1. The van der Waals surface area contributed by atoms with Gasteiger partial charge in [0.05, 0.1) is 5.01 Å². The summed E-state index contributed by atoms with van der Waals surface area (Å²) in [6.07, 6.45) is -3.00. The summed E-state index contributed by atoms with van der Waals surface area (Å²) in [5.74, 6) is 0.729. The minimum absolute atomic E-state index is 0. The first kappa shape index (κ1) is 20.0. The number of hydrogen-bond donors (Lipinski definition) is 1. The van der Waals surface area contributed by atoms with Crippen LogP contribution in [0.1, 0.15) is 16.3 Å².